The summed E-state index contributed by atoms with van der Waals surface area (Å²) >= 11 is 1.67. The smallest absolute Gasteiger partial charge is 0.112 e. The van der Waals surface area contributed by atoms with Crippen molar-refractivity contribution >= 4 is 28.1 Å². The first-order chi connectivity index (χ1) is 8.78. The van der Waals surface area contributed by atoms with Gasteiger partial charge in [-0.25, -0.2) is 9.97 Å². The Morgan fingerprint density at radius 3 is 3.00 bits per heavy atom. The summed E-state index contributed by atoms with van der Waals surface area (Å²) in [5.74, 6) is 1.07. The zero-order chi connectivity index (χ0) is 12.5. The maximum absolute atomic E-state index is 5.80. The molecule has 92 valence electrons. The Morgan fingerprint density at radius 1 is 1.39 bits per heavy atom. The van der Waals surface area contributed by atoms with Gasteiger partial charge in [0.05, 0.1) is 17.6 Å². The first-order valence-corrected chi connectivity index (χ1v) is 6.79. The van der Waals surface area contributed by atoms with E-state index in [1.807, 2.05) is 29.8 Å². The molecule has 0 radical (unpaired) electrons. The van der Waals surface area contributed by atoms with E-state index in [9.17, 15) is 0 Å². The van der Waals surface area contributed by atoms with Gasteiger partial charge in [-0.2, -0.15) is 0 Å². The van der Waals surface area contributed by atoms with Crippen LogP contribution in [0.3, 0.4) is 0 Å². The zero-order valence-electron chi connectivity index (χ0n) is 10.1. The fourth-order valence-corrected chi connectivity index (χ4v) is 2.71. The monoisotopic (exact) mass is 258 g/mol. The molecule has 18 heavy (non-hydrogen) atoms. The molecule has 2 heterocycles. The number of hydrogen-bond donors (Lipinski definition) is 1. The summed E-state index contributed by atoms with van der Waals surface area (Å²) in [6, 6.07) is 5.87. The average Bonchev–Trinajstić information content (AvgIpc) is 2.97. The standard InChI is InChI=1S/C13H14N4S/c1-2-12-16-10-7-9(14)3-4-11(10)17(12)8-13-15-5-6-18-13/h3-7H,2,8,14H2,1H3. The number of hydrogen-bond acceptors (Lipinski definition) is 4. The highest BCUT2D eigenvalue weighted by molar-refractivity contribution is 7.09. The van der Waals surface area contributed by atoms with E-state index < -0.39 is 0 Å². The number of thiazole rings is 1. The van der Waals surface area contributed by atoms with Gasteiger partial charge in [0.25, 0.3) is 0 Å². The van der Waals surface area contributed by atoms with Crippen LogP contribution >= 0.6 is 11.3 Å². The van der Waals surface area contributed by atoms with Crippen LogP contribution in [0, 0.1) is 0 Å². The lowest BCUT2D eigenvalue weighted by Gasteiger charge is -2.05. The van der Waals surface area contributed by atoms with Gasteiger partial charge in [0, 0.05) is 23.7 Å². The quantitative estimate of drug-likeness (QED) is 0.735. The molecule has 5 heteroatoms. The molecule has 0 unspecified atom stereocenters. The van der Waals surface area contributed by atoms with Gasteiger partial charge in [-0.05, 0) is 18.2 Å². The van der Waals surface area contributed by atoms with Crippen LogP contribution in [-0.2, 0) is 13.0 Å². The topological polar surface area (TPSA) is 56.7 Å². The number of nitrogens with two attached hydrogens (primary N) is 1. The van der Waals surface area contributed by atoms with Crippen molar-refractivity contribution in [3.8, 4) is 0 Å². The molecule has 0 saturated heterocycles. The van der Waals surface area contributed by atoms with E-state index >= 15 is 0 Å². The van der Waals surface area contributed by atoms with Crippen molar-refractivity contribution in [1.29, 1.82) is 0 Å². The molecule has 0 aliphatic heterocycles. The van der Waals surface area contributed by atoms with Gasteiger partial charge in [-0.3, -0.25) is 0 Å². The van der Waals surface area contributed by atoms with Crippen molar-refractivity contribution < 1.29 is 0 Å². The number of nitrogens with zero attached hydrogens (tertiary/aromatic N) is 3. The van der Waals surface area contributed by atoms with Gasteiger partial charge in [-0.1, -0.05) is 6.92 Å². The van der Waals surface area contributed by atoms with Crippen molar-refractivity contribution in [3.05, 3.63) is 40.6 Å². The highest BCUT2D eigenvalue weighted by Crippen LogP contribution is 2.21. The maximum atomic E-state index is 5.80. The van der Waals surface area contributed by atoms with Gasteiger partial charge < -0.3 is 10.3 Å². The lowest BCUT2D eigenvalue weighted by molar-refractivity contribution is 0.748. The Kier molecular flexibility index (Phi) is 2.76. The van der Waals surface area contributed by atoms with Gasteiger partial charge in [0.1, 0.15) is 10.8 Å². The number of fused-ring (bicyclic) bond motifs is 1. The molecule has 0 spiro atoms. The molecule has 0 atom stereocenters. The van der Waals surface area contributed by atoms with E-state index in [0.29, 0.717) is 0 Å². The second-order valence-corrected chi connectivity index (χ2v) is 5.12. The third-order valence-corrected chi connectivity index (χ3v) is 3.71. The number of nitrogen functional groups attached to an aromatic ring is 1. The summed E-state index contributed by atoms with van der Waals surface area (Å²) in [5, 5.41) is 3.10. The Labute approximate surface area is 109 Å². The van der Waals surface area contributed by atoms with Crippen LogP contribution in [0.1, 0.15) is 17.8 Å². The Hall–Kier alpha value is -1.88. The van der Waals surface area contributed by atoms with E-state index in [1.165, 1.54) is 0 Å². The maximum Gasteiger partial charge on any atom is 0.112 e. The first-order valence-electron chi connectivity index (χ1n) is 5.91. The molecule has 1 aromatic carbocycles. The van der Waals surface area contributed by atoms with Crippen LogP contribution in [0.5, 0.6) is 0 Å². The summed E-state index contributed by atoms with van der Waals surface area (Å²) < 4.78 is 2.22. The van der Waals surface area contributed by atoms with E-state index in [1.54, 1.807) is 11.3 Å². The number of imidazole rings is 1. The molecule has 0 fully saturated rings. The molecular formula is C13H14N4S. The lowest BCUT2D eigenvalue weighted by atomic mass is 10.3. The van der Waals surface area contributed by atoms with E-state index in [-0.39, 0.29) is 0 Å². The molecule has 0 aliphatic carbocycles. The molecule has 3 rings (SSSR count). The minimum absolute atomic E-state index is 0.754. The van der Waals surface area contributed by atoms with E-state index in [0.717, 1.165) is 40.5 Å². The molecular weight excluding hydrogens is 244 g/mol. The van der Waals surface area contributed by atoms with Crippen LogP contribution in [-0.4, -0.2) is 14.5 Å². The molecule has 2 aromatic heterocycles. The lowest BCUT2D eigenvalue weighted by Crippen LogP contribution is -2.03. The summed E-state index contributed by atoms with van der Waals surface area (Å²) in [5.41, 5.74) is 8.64. The van der Waals surface area contributed by atoms with Gasteiger partial charge in [0.2, 0.25) is 0 Å². The number of aryl methyl sites for hydroxylation is 1. The Bertz CT molecular complexity index is 670. The summed E-state index contributed by atoms with van der Waals surface area (Å²) in [7, 11) is 0. The first kappa shape index (κ1) is 11.2. The zero-order valence-corrected chi connectivity index (χ0v) is 10.9. The molecule has 0 amide bonds. The molecule has 0 saturated carbocycles. The van der Waals surface area contributed by atoms with Crippen LogP contribution in [0.15, 0.2) is 29.8 Å². The summed E-state index contributed by atoms with van der Waals surface area (Å²) in [6.45, 7) is 2.89. The minimum atomic E-state index is 0.754. The normalized spacial score (nSPS) is 11.2. The second kappa shape index (κ2) is 4.42. The summed E-state index contributed by atoms with van der Waals surface area (Å²) in [4.78, 5) is 8.97. The third kappa shape index (κ3) is 1.86. The molecule has 3 aromatic rings. The third-order valence-electron chi connectivity index (χ3n) is 2.94. The largest absolute Gasteiger partial charge is 0.399 e. The molecule has 0 bridgehead atoms. The van der Waals surface area contributed by atoms with Crippen LogP contribution in [0.4, 0.5) is 5.69 Å². The van der Waals surface area contributed by atoms with Gasteiger partial charge >= 0.3 is 0 Å². The van der Waals surface area contributed by atoms with Crippen LogP contribution < -0.4 is 5.73 Å². The highest BCUT2D eigenvalue weighted by Gasteiger charge is 2.10. The minimum Gasteiger partial charge on any atom is -0.399 e. The Morgan fingerprint density at radius 2 is 2.28 bits per heavy atom. The predicted octanol–water partition coefficient (Wildman–Crippen LogP) is 2.69. The fourth-order valence-electron chi connectivity index (χ4n) is 2.11. The van der Waals surface area contributed by atoms with Crippen LogP contribution in [0.2, 0.25) is 0 Å². The summed E-state index contributed by atoms with van der Waals surface area (Å²) in [6.07, 6.45) is 2.74. The van der Waals surface area contributed by atoms with Gasteiger partial charge in [-0.15, -0.1) is 11.3 Å². The van der Waals surface area contributed by atoms with Crippen LogP contribution in [0.25, 0.3) is 11.0 Å². The van der Waals surface area contributed by atoms with Gasteiger partial charge in [0.15, 0.2) is 0 Å². The molecule has 0 aliphatic rings. The SMILES string of the molecule is CCc1nc2cc(N)ccc2n1Cc1nccs1. The number of benzene rings is 1. The van der Waals surface area contributed by atoms with Crippen molar-refractivity contribution in [1.82, 2.24) is 14.5 Å². The van der Waals surface area contributed by atoms with Crippen molar-refractivity contribution in [2.24, 2.45) is 0 Å². The molecule has 2 N–H and O–H groups in total. The predicted molar refractivity (Wildman–Crippen MR) is 74.7 cm³/mol. The second-order valence-electron chi connectivity index (χ2n) is 4.14. The number of aromatic nitrogens is 3. The van der Waals surface area contributed by atoms with Crippen molar-refractivity contribution in [2.75, 3.05) is 5.73 Å². The number of rotatable bonds is 3. The molecule has 4 nitrogen and oxygen atoms in total. The Balaban J connectivity index is 2.13. The van der Waals surface area contributed by atoms with Crippen molar-refractivity contribution in [3.63, 3.8) is 0 Å². The van der Waals surface area contributed by atoms with Crippen molar-refractivity contribution in [2.45, 2.75) is 19.9 Å². The number of anilines is 1. The van der Waals surface area contributed by atoms with E-state index in [4.69, 9.17) is 5.73 Å². The fraction of sp³-hybridized carbons (Fsp3) is 0.231. The van der Waals surface area contributed by atoms with E-state index in [2.05, 4.69) is 21.5 Å². The average molecular weight is 258 g/mol. The highest BCUT2D eigenvalue weighted by atomic mass is 32.1.